The maximum atomic E-state index is 14.1. The number of imidazole rings is 1. The van der Waals surface area contributed by atoms with Crippen LogP contribution >= 0.6 is 0 Å². The molecular weight excluding hydrogens is 497 g/mol. The molecule has 1 aliphatic carbocycles. The number of nitrogens with zero attached hydrogens (tertiary/aromatic N) is 5. The summed E-state index contributed by atoms with van der Waals surface area (Å²) < 4.78 is 51.7. The van der Waals surface area contributed by atoms with E-state index >= 15 is 0 Å². The average molecular weight is 527 g/mol. The van der Waals surface area contributed by atoms with Crippen LogP contribution in [-0.4, -0.2) is 43.5 Å². The monoisotopic (exact) mass is 526 g/mol. The maximum absolute atomic E-state index is 14.1. The highest BCUT2D eigenvalue weighted by Gasteiger charge is 2.35. The summed E-state index contributed by atoms with van der Waals surface area (Å²) >= 11 is 0. The third-order valence-corrected chi connectivity index (χ3v) is 7.75. The lowest BCUT2D eigenvalue weighted by molar-refractivity contribution is -0.136. The van der Waals surface area contributed by atoms with Gasteiger partial charge in [-0.3, -0.25) is 8.97 Å². The molecule has 2 aliphatic rings. The van der Waals surface area contributed by atoms with Crippen LogP contribution in [0.25, 0.3) is 11.2 Å². The Balaban J connectivity index is 1.39. The Bertz CT molecular complexity index is 1510. The van der Waals surface area contributed by atoms with Gasteiger partial charge < -0.3 is 14.6 Å². The number of hydrogen-bond donors (Lipinski definition) is 1. The van der Waals surface area contributed by atoms with Gasteiger partial charge in [-0.2, -0.15) is 13.2 Å². The van der Waals surface area contributed by atoms with Crippen molar-refractivity contribution in [3.63, 3.8) is 0 Å². The van der Waals surface area contributed by atoms with Gasteiger partial charge in [0.2, 0.25) is 0 Å². The first-order valence-corrected chi connectivity index (χ1v) is 12.9. The van der Waals surface area contributed by atoms with Crippen LogP contribution < -0.4 is 11.0 Å². The molecule has 0 radical (unpaired) electrons. The molecule has 4 aromatic rings. The highest BCUT2D eigenvalue weighted by molar-refractivity contribution is 5.58. The second-order valence-corrected chi connectivity index (χ2v) is 10.4. The fourth-order valence-electron chi connectivity index (χ4n) is 5.42. The van der Waals surface area contributed by atoms with Gasteiger partial charge in [-0.15, -0.1) is 10.2 Å². The van der Waals surface area contributed by atoms with Crippen molar-refractivity contribution in [3.05, 3.63) is 82.1 Å². The van der Waals surface area contributed by atoms with E-state index < -0.39 is 17.4 Å². The van der Waals surface area contributed by atoms with Crippen molar-refractivity contribution >= 4 is 5.52 Å². The van der Waals surface area contributed by atoms with Crippen LogP contribution in [0, 0.1) is 11.8 Å². The summed E-state index contributed by atoms with van der Waals surface area (Å²) in [5, 5.41) is 11.6. The third-order valence-electron chi connectivity index (χ3n) is 7.75. The standard InChI is InChI=1S/C27H29F3N6O2/c1-34-16-32-33-25(34)24(19-4-2-5-19)20-6-3-7-21(9-20)35-13-23-22(27(28,29)30)8-17(12-36(23)26(35)37)10-31-11-18-14-38-15-18/h3,6-9,12-13,16,18-19,24,31H,2,4-5,10-11,14-15H2,1H3/t24-/m1/s1. The Hall–Kier alpha value is -3.44. The minimum atomic E-state index is -4.61. The minimum absolute atomic E-state index is 0.00610. The van der Waals surface area contributed by atoms with E-state index in [1.165, 1.54) is 17.0 Å². The van der Waals surface area contributed by atoms with Crippen LogP contribution in [0.3, 0.4) is 0 Å². The van der Waals surface area contributed by atoms with Crippen LogP contribution in [0.15, 0.2) is 53.8 Å². The molecule has 1 saturated carbocycles. The van der Waals surface area contributed by atoms with Gasteiger partial charge in [0.1, 0.15) is 12.2 Å². The molecule has 1 aliphatic heterocycles. The number of alkyl halides is 3. The van der Waals surface area contributed by atoms with E-state index in [0.29, 0.717) is 42.8 Å². The van der Waals surface area contributed by atoms with Gasteiger partial charge in [-0.05, 0) is 48.1 Å². The molecule has 200 valence electrons. The Morgan fingerprint density at radius 3 is 2.63 bits per heavy atom. The second-order valence-electron chi connectivity index (χ2n) is 10.4. The van der Waals surface area contributed by atoms with Gasteiger partial charge in [0.25, 0.3) is 0 Å². The number of benzene rings is 1. The molecule has 1 aromatic carbocycles. The van der Waals surface area contributed by atoms with E-state index in [0.717, 1.165) is 41.1 Å². The minimum Gasteiger partial charge on any atom is -0.381 e. The number of halogens is 3. The molecular formula is C27H29F3N6O2. The zero-order valence-corrected chi connectivity index (χ0v) is 21.0. The first-order valence-electron chi connectivity index (χ1n) is 12.9. The van der Waals surface area contributed by atoms with Gasteiger partial charge in [-0.1, -0.05) is 18.6 Å². The number of rotatable bonds is 8. The Morgan fingerprint density at radius 1 is 1.18 bits per heavy atom. The number of aromatic nitrogens is 5. The zero-order valence-electron chi connectivity index (χ0n) is 21.0. The number of ether oxygens (including phenoxy) is 1. The fourth-order valence-corrected chi connectivity index (χ4v) is 5.42. The molecule has 8 nitrogen and oxygen atoms in total. The summed E-state index contributed by atoms with van der Waals surface area (Å²) in [6.07, 6.45) is 3.12. The summed E-state index contributed by atoms with van der Waals surface area (Å²) in [4.78, 5) is 13.5. The van der Waals surface area contributed by atoms with Crippen LogP contribution in [-0.2, 0) is 24.5 Å². The lowest BCUT2D eigenvalue weighted by Crippen LogP contribution is -2.36. The van der Waals surface area contributed by atoms with Crippen molar-refractivity contribution < 1.29 is 17.9 Å². The van der Waals surface area contributed by atoms with E-state index in [-0.39, 0.29) is 18.0 Å². The summed E-state index contributed by atoms with van der Waals surface area (Å²) in [6.45, 7) is 2.18. The van der Waals surface area contributed by atoms with E-state index in [1.54, 1.807) is 12.4 Å². The number of fused-ring (bicyclic) bond motifs is 1. The van der Waals surface area contributed by atoms with E-state index in [9.17, 15) is 18.0 Å². The van der Waals surface area contributed by atoms with Crippen molar-refractivity contribution in [1.29, 1.82) is 0 Å². The first kappa shape index (κ1) is 24.9. The average Bonchev–Trinajstić information content (AvgIpc) is 3.39. The Kier molecular flexibility index (Phi) is 6.35. The van der Waals surface area contributed by atoms with E-state index in [1.807, 2.05) is 29.8 Å². The first-order chi connectivity index (χ1) is 18.3. The number of nitrogens with one attached hydrogen (secondary N) is 1. The molecule has 4 heterocycles. The summed E-state index contributed by atoms with van der Waals surface area (Å²) in [5.41, 5.74) is 0.323. The second kappa shape index (κ2) is 9.70. The smallest absolute Gasteiger partial charge is 0.381 e. The van der Waals surface area contributed by atoms with Gasteiger partial charge in [-0.25, -0.2) is 4.79 Å². The molecule has 0 amide bonds. The van der Waals surface area contributed by atoms with Crippen molar-refractivity contribution in [1.82, 2.24) is 29.0 Å². The van der Waals surface area contributed by atoms with E-state index in [4.69, 9.17) is 4.74 Å². The molecule has 0 spiro atoms. The molecule has 38 heavy (non-hydrogen) atoms. The third kappa shape index (κ3) is 4.54. The number of aryl methyl sites for hydroxylation is 1. The van der Waals surface area contributed by atoms with Crippen LogP contribution in [0.2, 0.25) is 0 Å². The van der Waals surface area contributed by atoms with Gasteiger partial charge in [0.15, 0.2) is 0 Å². The van der Waals surface area contributed by atoms with Gasteiger partial charge >= 0.3 is 11.9 Å². The highest BCUT2D eigenvalue weighted by atomic mass is 19.4. The van der Waals surface area contributed by atoms with Crippen molar-refractivity contribution in [3.8, 4) is 5.69 Å². The van der Waals surface area contributed by atoms with Crippen LogP contribution in [0.1, 0.15) is 47.7 Å². The van der Waals surface area contributed by atoms with Crippen LogP contribution in [0.5, 0.6) is 0 Å². The predicted molar refractivity (Wildman–Crippen MR) is 134 cm³/mol. The normalized spacial score (nSPS) is 17.5. The molecule has 1 N–H and O–H groups in total. The van der Waals surface area contributed by atoms with Gasteiger partial charge in [0, 0.05) is 44.4 Å². The summed E-state index contributed by atoms with van der Waals surface area (Å²) in [5.74, 6) is 1.60. The summed E-state index contributed by atoms with van der Waals surface area (Å²) in [7, 11) is 1.90. The molecule has 1 atom stereocenters. The van der Waals surface area contributed by atoms with Crippen molar-refractivity contribution in [2.45, 2.75) is 37.9 Å². The quantitative estimate of drug-likeness (QED) is 0.377. The van der Waals surface area contributed by atoms with E-state index in [2.05, 4.69) is 15.5 Å². The lowest BCUT2D eigenvalue weighted by Gasteiger charge is -2.33. The van der Waals surface area contributed by atoms with Crippen LogP contribution in [0.4, 0.5) is 13.2 Å². The number of hydrogen-bond acceptors (Lipinski definition) is 5. The van der Waals surface area contributed by atoms with Gasteiger partial charge in [0.05, 0.1) is 30.0 Å². The maximum Gasteiger partial charge on any atom is 0.418 e. The predicted octanol–water partition coefficient (Wildman–Crippen LogP) is 3.91. The lowest BCUT2D eigenvalue weighted by atomic mass is 9.72. The molecule has 1 saturated heterocycles. The largest absolute Gasteiger partial charge is 0.418 e. The van der Waals surface area contributed by atoms with Crippen molar-refractivity contribution in [2.24, 2.45) is 18.9 Å². The molecule has 0 unspecified atom stereocenters. The highest BCUT2D eigenvalue weighted by Crippen LogP contribution is 2.43. The topological polar surface area (TPSA) is 78.4 Å². The molecule has 0 bridgehead atoms. The fraction of sp³-hybridized carbons (Fsp3) is 0.444. The summed E-state index contributed by atoms with van der Waals surface area (Å²) in [6, 6.07) is 8.58. The SMILES string of the molecule is Cn1cnnc1[C@@H](c1cccc(-n2cc3c(C(F)(F)F)cc(CNCC4COC4)cn3c2=O)c1)C1CCC1. The Morgan fingerprint density at radius 2 is 2.00 bits per heavy atom. The molecule has 3 aromatic heterocycles. The molecule has 6 rings (SSSR count). The Labute approximate surface area is 217 Å². The number of pyridine rings is 1. The van der Waals surface area contributed by atoms with Crippen molar-refractivity contribution in [2.75, 3.05) is 19.8 Å². The molecule has 2 fully saturated rings. The molecule has 11 heteroatoms. The zero-order chi connectivity index (χ0) is 26.4.